The number of hydrogen-bond donors (Lipinski definition) is 1. The van der Waals surface area contributed by atoms with Crippen LogP contribution in [0.3, 0.4) is 0 Å². The van der Waals surface area contributed by atoms with E-state index in [-0.39, 0.29) is 6.42 Å². The van der Waals surface area contributed by atoms with Crippen LogP contribution in [0.1, 0.15) is 27.6 Å². The van der Waals surface area contributed by atoms with Gasteiger partial charge >= 0.3 is 5.97 Å². The number of nitrogens with zero attached hydrogens (tertiary/aromatic N) is 2. The van der Waals surface area contributed by atoms with Crippen molar-refractivity contribution in [2.45, 2.75) is 26.2 Å². The van der Waals surface area contributed by atoms with Crippen molar-refractivity contribution in [2.75, 3.05) is 19.0 Å². The summed E-state index contributed by atoms with van der Waals surface area (Å²) in [5, 5.41) is 9.81. The molecule has 0 unspecified atom stereocenters. The van der Waals surface area contributed by atoms with Crippen LogP contribution >= 0.6 is 11.3 Å². The molecule has 0 saturated heterocycles. The van der Waals surface area contributed by atoms with Gasteiger partial charge in [-0.05, 0) is 31.0 Å². The van der Waals surface area contributed by atoms with Crippen molar-refractivity contribution in [3.8, 4) is 0 Å². The van der Waals surface area contributed by atoms with Crippen molar-refractivity contribution in [2.24, 2.45) is 0 Å². The summed E-state index contributed by atoms with van der Waals surface area (Å²) in [6, 6.07) is 8.42. The lowest BCUT2D eigenvalue weighted by Crippen LogP contribution is -2.08. The van der Waals surface area contributed by atoms with Crippen molar-refractivity contribution in [3.63, 3.8) is 0 Å². The monoisotopic (exact) mass is 304 g/mol. The molecule has 0 atom stereocenters. The second kappa shape index (κ2) is 6.72. The molecule has 2 aromatic rings. The third-order valence-electron chi connectivity index (χ3n) is 3.31. The number of anilines is 1. The van der Waals surface area contributed by atoms with Crippen LogP contribution in [0.2, 0.25) is 0 Å². The quantitative estimate of drug-likeness (QED) is 0.891. The fourth-order valence-corrected chi connectivity index (χ4v) is 3.21. The molecule has 2 rings (SSSR count). The molecule has 0 aliphatic carbocycles. The van der Waals surface area contributed by atoms with Gasteiger partial charge in [0.2, 0.25) is 0 Å². The molecule has 0 aliphatic rings. The molecule has 0 fully saturated rings. The minimum Gasteiger partial charge on any atom is -0.481 e. The topological polar surface area (TPSA) is 53.4 Å². The lowest BCUT2D eigenvalue weighted by Gasteiger charge is -2.12. The molecule has 1 N–H and O–H groups in total. The maximum absolute atomic E-state index is 10.6. The van der Waals surface area contributed by atoms with Crippen molar-refractivity contribution in [1.82, 2.24) is 4.98 Å². The highest BCUT2D eigenvalue weighted by Gasteiger charge is 2.10. The standard InChI is InChI=1S/C16H20N2O2S/c1-11-14(8-9-16(19)20)21-15(17-11)10-12-4-6-13(7-5-12)18(2)3/h4-7H,8-10H2,1-3H3,(H,19,20). The number of carbonyl (C=O) groups is 1. The lowest BCUT2D eigenvalue weighted by atomic mass is 10.1. The van der Waals surface area contributed by atoms with Crippen LogP contribution in [0.15, 0.2) is 24.3 Å². The molecular formula is C16H20N2O2S. The molecule has 1 aromatic heterocycles. The summed E-state index contributed by atoms with van der Waals surface area (Å²) in [4.78, 5) is 18.4. The van der Waals surface area contributed by atoms with Gasteiger partial charge in [0.25, 0.3) is 0 Å². The van der Waals surface area contributed by atoms with E-state index in [9.17, 15) is 4.79 Å². The third kappa shape index (κ3) is 4.29. The second-order valence-electron chi connectivity index (χ2n) is 5.25. The van der Waals surface area contributed by atoms with E-state index in [1.165, 1.54) is 11.3 Å². The van der Waals surface area contributed by atoms with Crippen LogP contribution < -0.4 is 4.90 Å². The highest BCUT2D eigenvalue weighted by molar-refractivity contribution is 7.11. The summed E-state index contributed by atoms with van der Waals surface area (Å²) in [5.41, 5.74) is 3.36. The van der Waals surface area contributed by atoms with Crippen LogP contribution in [0, 0.1) is 6.92 Å². The van der Waals surface area contributed by atoms with Gasteiger partial charge in [-0.1, -0.05) is 12.1 Å². The number of benzene rings is 1. The van der Waals surface area contributed by atoms with Crippen LogP contribution in [0.5, 0.6) is 0 Å². The lowest BCUT2D eigenvalue weighted by molar-refractivity contribution is -0.136. The molecule has 21 heavy (non-hydrogen) atoms. The molecular weight excluding hydrogens is 284 g/mol. The first-order valence-electron chi connectivity index (χ1n) is 6.89. The van der Waals surface area contributed by atoms with Gasteiger partial charge in [-0.25, -0.2) is 4.98 Å². The maximum Gasteiger partial charge on any atom is 0.303 e. The predicted molar refractivity (Wildman–Crippen MR) is 86.4 cm³/mol. The number of aromatic nitrogens is 1. The van der Waals surface area contributed by atoms with Gasteiger partial charge in [-0.3, -0.25) is 4.79 Å². The average molecular weight is 304 g/mol. The number of aliphatic carboxylic acids is 1. The van der Waals surface area contributed by atoms with Crippen LogP contribution in [0.4, 0.5) is 5.69 Å². The minimum atomic E-state index is -0.761. The zero-order valence-electron chi connectivity index (χ0n) is 12.6. The summed E-state index contributed by atoms with van der Waals surface area (Å²) in [5.74, 6) is -0.761. The highest BCUT2D eigenvalue weighted by Crippen LogP contribution is 2.23. The summed E-state index contributed by atoms with van der Waals surface area (Å²) >= 11 is 1.62. The Hall–Kier alpha value is -1.88. The molecule has 1 heterocycles. The van der Waals surface area contributed by atoms with Gasteiger partial charge in [-0.2, -0.15) is 0 Å². The predicted octanol–water partition coefficient (Wildman–Crippen LogP) is 3.13. The van der Waals surface area contributed by atoms with Crippen molar-refractivity contribution >= 4 is 23.0 Å². The number of carboxylic acid groups (broad SMARTS) is 1. The van der Waals surface area contributed by atoms with Gasteiger partial charge in [-0.15, -0.1) is 11.3 Å². The molecule has 4 nitrogen and oxygen atoms in total. The Kier molecular flexibility index (Phi) is 4.96. The number of aryl methyl sites for hydroxylation is 2. The Balaban J connectivity index is 2.05. The van der Waals surface area contributed by atoms with E-state index >= 15 is 0 Å². The Bertz CT molecular complexity index is 618. The number of hydrogen-bond acceptors (Lipinski definition) is 4. The Morgan fingerprint density at radius 2 is 1.95 bits per heavy atom. The van der Waals surface area contributed by atoms with Crippen LogP contribution in [0.25, 0.3) is 0 Å². The number of thiazole rings is 1. The normalized spacial score (nSPS) is 10.6. The minimum absolute atomic E-state index is 0.167. The Morgan fingerprint density at radius 3 is 2.52 bits per heavy atom. The summed E-state index contributed by atoms with van der Waals surface area (Å²) < 4.78 is 0. The molecule has 112 valence electrons. The van der Waals surface area contributed by atoms with Gasteiger partial charge in [0, 0.05) is 31.1 Å². The van der Waals surface area contributed by atoms with E-state index in [0.29, 0.717) is 6.42 Å². The Morgan fingerprint density at radius 1 is 1.29 bits per heavy atom. The zero-order valence-corrected chi connectivity index (χ0v) is 13.4. The molecule has 0 bridgehead atoms. The fourth-order valence-electron chi connectivity index (χ4n) is 2.10. The molecule has 0 radical (unpaired) electrons. The summed E-state index contributed by atoms with van der Waals surface area (Å²) in [7, 11) is 4.04. The zero-order chi connectivity index (χ0) is 15.4. The summed E-state index contributed by atoms with van der Waals surface area (Å²) in [6.45, 7) is 1.95. The maximum atomic E-state index is 10.6. The van der Waals surface area contributed by atoms with E-state index in [1.54, 1.807) is 11.3 Å². The molecule has 5 heteroatoms. The van der Waals surface area contributed by atoms with E-state index in [4.69, 9.17) is 5.11 Å². The number of carboxylic acids is 1. The van der Waals surface area contributed by atoms with Crippen molar-refractivity contribution in [1.29, 1.82) is 0 Å². The van der Waals surface area contributed by atoms with E-state index < -0.39 is 5.97 Å². The SMILES string of the molecule is Cc1nc(Cc2ccc(N(C)C)cc2)sc1CCC(=O)O. The van der Waals surface area contributed by atoms with E-state index in [2.05, 4.69) is 34.1 Å². The van der Waals surface area contributed by atoms with Gasteiger partial charge in [0.1, 0.15) is 0 Å². The molecule has 0 spiro atoms. The first kappa shape index (κ1) is 15.5. The van der Waals surface area contributed by atoms with E-state index in [0.717, 1.165) is 22.0 Å². The third-order valence-corrected chi connectivity index (χ3v) is 4.53. The number of rotatable bonds is 6. The first-order chi connectivity index (χ1) is 9.95. The molecule has 0 amide bonds. The molecule has 1 aromatic carbocycles. The van der Waals surface area contributed by atoms with E-state index in [1.807, 2.05) is 21.0 Å². The van der Waals surface area contributed by atoms with Gasteiger partial charge in [0.05, 0.1) is 17.1 Å². The van der Waals surface area contributed by atoms with Gasteiger partial charge in [0.15, 0.2) is 0 Å². The van der Waals surface area contributed by atoms with Crippen LogP contribution in [-0.4, -0.2) is 30.2 Å². The van der Waals surface area contributed by atoms with Gasteiger partial charge < -0.3 is 10.0 Å². The average Bonchev–Trinajstić information content (AvgIpc) is 2.77. The Labute approximate surface area is 129 Å². The fraction of sp³-hybridized carbons (Fsp3) is 0.375. The largest absolute Gasteiger partial charge is 0.481 e. The smallest absolute Gasteiger partial charge is 0.303 e. The summed E-state index contributed by atoms with van der Waals surface area (Å²) in [6.07, 6.45) is 1.53. The molecule has 0 aliphatic heterocycles. The van der Waals surface area contributed by atoms with Crippen molar-refractivity contribution < 1.29 is 9.90 Å². The first-order valence-corrected chi connectivity index (χ1v) is 7.70. The second-order valence-corrected chi connectivity index (χ2v) is 6.42. The molecule has 0 saturated carbocycles. The van der Waals surface area contributed by atoms with Crippen molar-refractivity contribution in [3.05, 3.63) is 45.4 Å². The van der Waals surface area contributed by atoms with Crippen LogP contribution in [-0.2, 0) is 17.6 Å². The highest BCUT2D eigenvalue weighted by atomic mass is 32.1.